The standard InChI is InChI=1S/C21H28N3O3S/c1-3-4-5-6-7-8-15-27-21-16-18(23-22)11-14-20(21)24-28(25,26)19-12-9-17(2)10-13-19/h9-14,16,24H,3-8,15H2,1-2H3/q+1. The smallest absolute Gasteiger partial charge is 0.388 e. The van der Waals surface area contributed by atoms with E-state index < -0.39 is 10.0 Å². The lowest BCUT2D eigenvalue weighted by Crippen LogP contribution is -2.14. The van der Waals surface area contributed by atoms with Crippen LogP contribution in [0.2, 0.25) is 0 Å². The van der Waals surface area contributed by atoms with Crippen LogP contribution in [0.5, 0.6) is 5.75 Å². The summed E-state index contributed by atoms with van der Waals surface area (Å²) in [7, 11) is -3.74. The predicted octanol–water partition coefficient (Wildman–Crippen LogP) is 6.02. The van der Waals surface area contributed by atoms with Crippen molar-refractivity contribution in [3.63, 3.8) is 0 Å². The van der Waals surface area contributed by atoms with Gasteiger partial charge in [0, 0.05) is 6.07 Å². The van der Waals surface area contributed by atoms with E-state index in [2.05, 4.69) is 16.6 Å². The Hall–Kier alpha value is -2.59. The van der Waals surface area contributed by atoms with E-state index in [0.717, 1.165) is 24.8 Å². The zero-order valence-corrected chi connectivity index (χ0v) is 17.3. The third-order valence-electron chi connectivity index (χ3n) is 4.41. The average molecular weight is 403 g/mol. The molecule has 0 saturated carbocycles. The Kier molecular flexibility index (Phi) is 8.27. The molecule has 0 atom stereocenters. The molecule has 0 aromatic heterocycles. The summed E-state index contributed by atoms with van der Waals surface area (Å²) in [6, 6.07) is 11.2. The van der Waals surface area contributed by atoms with Crippen molar-refractivity contribution in [2.45, 2.75) is 57.3 Å². The fraction of sp³-hybridized carbons (Fsp3) is 0.429. The van der Waals surface area contributed by atoms with Gasteiger partial charge in [-0.2, -0.15) is 0 Å². The average Bonchev–Trinajstić information content (AvgIpc) is 2.68. The van der Waals surface area contributed by atoms with Crippen molar-refractivity contribution in [3.05, 3.63) is 53.0 Å². The predicted molar refractivity (Wildman–Crippen MR) is 112 cm³/mol. The molecule has 0 heterocycles. The molecule has 2 aromatic carbocycles. The van der Waals surface area contributed by atoms with Crippen LogP contribution in [0.25, 0.3) is 4.98 Å². The van der Waals surface area contributed by atoms with Crippen molar-refractivity contribution in [1.29, 1.82) is 5.39 Å². The Morgan fingerprint density at radius 2 is 1.68 bits per heavy atom. The van der Waals surface area contributed by atoms with Crippen molar-refractivity contribution >= 4 is 21.4 Å². The number of anilines is 1. The van der Waals surface area contributed by atoms with E-state index in [1.807, 2.05) is 6.92 Å². The van der Waals surface area contributed by atoms with Crippen LogP contribution in [-0.4, -0.2) is 15.0 Å². The zero-order chi connectivity index (χ0) is 20.4. The van der Waals surface area contributed by atoms with E-state index in [1.165, 1.54) is 37.5 Å². The molecule has 0 aliphatic rings. The number of diazo groups is 1. The summed E-state index contributed by atoms with van der Waals surface area (Å²) in [4.78, 5) is 3.33. The lowest BCUT2D eigenvalue weighted by Gasteiger charge is -2.13. The Labute approximate surface area is 167 Å². The van der Waals surface area contributed by atoms with Crippen LogP contribution in [0.1, 0.15) is 51.0 Å². The number of ether oxygens (including phenoxy) is 1. The molecule has 6 nitrogen and oxygen atoms in total. The lowest BCUT2D eigenvalue weighted by atomic mass is 10.1. The monoisotopic (exact) mass is 402 g/mol. The van der Waals surface area contributed by atoms with E-state index in [4.69, 9.17) is 10.1 Å². The summed E-state index contributed by atoms with van der Waals surface area (Å²) in [6.07, 6.45) is 6.78. The van der Waals surface area contributed by atoms with Crippen molar-refractivity contribution in [2.24, 2.45) is 0 Å². The fourth-order valence-corrected chi connectivity index (χ4v) is 3.83. The van der Waals surface area contributed by atoms with Gasteiger partial charge in [-0.25, -0.2) is 8.42 Å². The summed E-state index contributed by atoms with van der Waals surface area (Å²) in [5.74, 6) is 0.347. The fourth-order valence-electron chi connectivity index (χ4n) is 2.76. The second kappa shape index (κ2) is 10.7. The highest BCUT2D eigenvalue weighted by Crippen LogP contribution is 2.31. The van der Waals surface area contributed by atoms with Crippen LogP contribution in [0.3, 0.4) is 0 Å². The number of hydrogen-bond donors (Lipinski definition) is 1. The third kappa shape index (κ3) is 6.54. The van der Waals surface area contributed by atoms with E-state index in [9.17, 15) is 8.42 Å². The van der Waals surface area contributed by atoms with Crippen LogP contribution >= 0.6 is 0 Å². The maximum Gasteiger partial charge on any atom is 0.388 e. The van der Waals surface area contributed by atoms with E-state index in [1.54, 1.807) is 24.3 Å². The molecule has 7 heteroatoms. The Balaban J connectivity index is 2.07. The Morgan fingerprint density at radius 1 is 1.00 bits per heavy atom. The number of sulfonamides is 1. The molecule has 0 saturated heterocycles. The maximum atomic E-state index is 12.7. The quantitative estimate of drug-likeness (QED) is 0.368. The SMILES string of the molecule is CCCCCCCCOc1cc([N+]#N)ccc1NS(=O)(=O)c1ccc(C)cc1. The maximum absolute atomic E-state index is 12.7. The van der Waals surface area contributed by atoms with Gasteiger partial charge in [-0.1, -0.05) is 56.7 Å². The number of unbranched alkanes of at least 4 members (excludes halogenated alkanes) is 5. The Bertz CT molecular complexity index is 903. The van der Waals surface area contributed by atoms with Gasteiger partial charge in [-0.15, -0.1) is 0 Å². The number of rotatable bonds is 11. The zero-order valence-electron chi connectivity index (χ0n) is 16.5. The molecule has 2 rings (SSSR count). The highest BCUT2D eigenvalue weighted by atomic mass is 32.2. The third-order valence-corrected chi connectivity index (χ3v) is 5.79. The molecule has 0 aliphatic carbocycles. The first-order valence-corrected chi connectivity index (χ1v) is 11.2. The molecule has 28 heavy (non-hydrogen) atoms. The van der Waals surface area contributed by atoms with Gasteiger partial charge in [0.15, 0.2) is 10.7 Å². The number of aryl methyl sites for hydroxylation is 1. The van der Waals surface area contributed by atoms with Crippen molar-refractivity contribution in [3.8, 4) is 5.75 Å². The molecule has 0 spiro atoms. The van der Waals surface area contributed by atoms with Gasteiger partial charge in [0.25, 0.3) is 10.0 Å². The van der Waals surface area contributed by atoms with E-state index in [-0.39, 0.29) is 4.90 Å². The molecule has 0 aliphatic heterocycles. The molecule has 0 fully saturated rings. The minimum atomic E-state index is -3.74. The molecule has 150 valence electrons. The van der Waals surface area contributed by atoms with Crippen molar-refractivity contribution in [1.82, 2.24) is 0 Å². The second-order valence-corrected chi connectivity index (χ2v) is 8.50. The van der Waals surface area contributed by atoms with Gasteiger partial charge in [-0.3, -0.25) is 4.72 Å². The van der Waals surface area contributed by atoms with E-state index >= 15 is 0 Å². The molecule has 0 amide bonds. The number of nitrogens with zero attached hydrogens (tertiary/aromatic N) is 2. The molecule has 0 radical (unpaired) electrons. The van der Waals surface area contributed by atoms with Crippen molar-refractivity contribution in [2.75, 3.05) is 11.3 Å². The summed E-state index contributed by atoms with van der Waals surface area (Å²) >= 11 is 0. The van der Waals surface area contributed by atoms with Gasteiger partial charge >= 0.3 is 5.69 Å². The topological polar surface area (TPSA) is 83.5 Å². The number of nitrogens with one attached hydrogen (secondary N) is 1. The van der Waals surface area contributed by atoms with Crippen LogP contribution in [0.15, 0.2) is 47.4 Å². The molecule has 2 aromatic rings. The minimum absolute atomic E-state index is 0.177. The van der Waals surface area contributed by atoms with Gasteiger partial charge in [0.2, 0.25) is 5.39 Å². The first-order valence-electron chi connectivity index (χ1n) is 9.67. The van der Waals surface area contributed by atoms with E-state index in [0.29, 0.717) is 23.7 Å². The normalized spacial score (nSPS) is 11.0. The molecular weight excluding hydrogens is 374 g/mol. The molecule has 0 unspecified atom stereocenters. The summed E-state index contributed by atoms with van der Waals surface area (Å²) in [6.45, 7) is 4.55. The molecular formula is C21H28N3O3S+. The van der Waals surface area contributed by atoms with Crippen LogP contribution in [0, 0.1) is 12.3 Å². The highest BCUT2D eigenvalue weighted by Gasteiger charge is 2.19. The van der Waals surface area contributed by atoms with Gasteiger partial charge in [-0.05, 0) is 31.5 Å². The van der Waals surface area contributed by atoms with Gasteiger partial charge in [0.05, 0.1) is 23.3 Å². The van der Waals surface area contributed by atoms with Crippen molar-refractivity contribution < 1.29 is 13.2 Å². The second-order valence-electron chi connectivity index (χ2n) is 6.82. The van der Waals surface area contributed by atoms with Crippen LogP contribution in [-0.2, 0) is 10.0 Å². The molecule has 0 bridgehead atoms. The first-order chi connectivity index (χ1) is 13.5. The number of hydrogen-bond acceptors (Lipinski definition) is 4. The van der Waals surface area contributed by atoms with Gasteiger partial charge in [0.1, 0.15) is 0 Å². The molecule has 1 N–H and O–H groups in total. The number of benzene rings is 2. The highest BCUT2D eigenvalue weighted by molar-refractivity contribution is 7.92. The first kappa shape index (κ1) is 21.7. The van der Waals surface area contributed by atoms with Gasteiger partial charge < -0.3 is 4.74 Å². The summed E-state index contributed by atoms with van der Waals surface area (Å²) < 4.78 is 33.7. The largest absolute Gasteiger partial charge is 0.491 e. The minimum Gasteiger partial charge on any atom is -0.491 e. The summed E-state index contributed by atoms with van der Waals surface area (Å²) in [5, 5.41) is 9.01. The summed E-state index contributed by atoms with van der Waals surface area (Å²) in [5.41, 5.74) is 1.60. The van der Waals surface area contributed by atoms with Crippen LogP contribution < -0.4 is 9.46 Å². The lowest BCUT2D eigenvalue weighted by molar-refractivity contribution is 0.306. The Morgan fingerprint density at radius 3 is 2.36 bits per heavy atom. The van der Waals surface area contributed by atoms with Crippen LogP contribution in [0.4, 0.5) is 11.4 Å².